The lowest BCUT2D eigenvalue weighted by atomic mass is 10.1. The number of carbonyl (C=O) groups is 2. The molecule has 0 aliphatic carbocycles. The van der Waals surface area contributed by atoms with Crippen molar-refractivity contribution >= 4 is 37.1 Å². The van der Waals surface area contributed by atoms with Gasteiger partial charge in [0.2, 0.25) is 5.60 Å². The number of aromatic nitrogens is 4. The summed E-state index contributed by atoms with van der Waals surface area (Å²) in [5.41, 5.74) is 7.73. The highest BCUT2D eigenvalue weighted by Gasteiger charge is 2.43. The first-order valence-electron chi connectivity index (χ1n) is 13.5. The molecular weight excluding hydrogens is 541 g/mol. The number of esters is 2. The number of anilines is 1. The van der Waals surface area contributed by atoms with Crippen LogP contribution in [0.3, 0.4) is 0 Å². The van der Waals surface area contributed by atoms with Crippen molar-refractivity contribution in [1.29, 1.82) is 0 Å². The van der Waals surface area contributed by atoms with E-state index in [9.17, 15) is 14.5 Å². The summed E-state index contributed by atoms with van der Waals surface area (Å²) in [6, 6.07) is 0. The SMILES string of the molecule is CCCCCCOC(=O)[C@H](C)CN/N=[P+](\[O-])O[C@](C)(CO[C@H](C)Cn1cnc2c(N)ncnc21)C(=O)OC(C)C. The average molecular weight is 584 g/mol. The van der Waals surface area contributed by atoms with Crippen LogP contribution in [0.1, 0.15) is 67.2 Å². The van der Waals surface area contributed by atoms with Gasteiger partial charge in [0, 0.05) is 11.4 Å². The molecule has 0 bridgehead atoms. The van der Waals surface area contributed by atoms with Crippen LogP contribution in [0.15, 0.2) is 17.5 Å². The summed E-state index contributed by atoms with van der Waals surface area (Å²) < 4.78 is 23.7. The predicted molar refractivity (Wildman–Crippen MR) is 147 cm³/mol. The number of hydrogen-bond donors (Lipinski definition) is 2. The van der Waals surface area contributed by atoms with Crippen LogP contribution >= 0.6 is 8.17 Å². The van der Waals surface area contributed by atoms with Gasteiger partial charge >= 0.3 is 20.1 Å². The Balaban J connectivity index is 1.94. The minimum atomic E-state index is -2.71. The third-order valence-electron chi connectivity index (χ3n) is 5.78. The van der Waals surface area contributed by atoms with E-state index in [4.69, 9.17) is 24.5 Å². The predicted octanol–water partition coefficient (Wildman–Crippen LogP) is 2.66. The normalized spacial score (nSPS) is 15.2. The number of nitrogens with one attached hydrogen (secondary N) is 1. The van der Waals surface area contributed by atoms with Gasteiger partial charge in [0.15, 0.2) is 11.5 Å². The zero-order valence-electron chi connectivity index (χ0n) is 24.2. The van der Waals surface area contributed by atoms with Gasteiger partial charge in [-0.25, -0.2) is 19.7 Å². The van der Waals surface area contributed by atoms with Crippen LogP contribution in [0.5, 0.6) is 0 Å². The zero-order chi connectivity index (χ0) is 29.7. The van der Waals surface area contributed by atoms with Crippen molar-refractivity contribution in [2.45, 2.75) is 91.6 Å². The molecule has 0 spiro atoms. The van der Waals surface area contributed by atoms with Gasteiger partial charge in [0.05, 0.1) is 44.2 Å². The Kier molecular flexibility index (Phi) is 13.8. The molecule has 2 heterocycles. The van der Waals surface area contributed by atoms with Crippen molar-refractivity contribution in [3.63, 3.8) is 0 Å². The number of rotatable bonds is 18. The lowest BCUT2D eigenvalue weighted by Gasteiger charge is -2.26. The first-order valence-corrected chi connectivity index (χ1v) is 14.6. The number of imidazole rings is 1. The quantitative estimate of drug-likeness (QED) is 0.113. The minimum absolute atomic E-state index is 0.0891. The van der Waals surface area contributed by atoms with Crippen molar-refractivity contribution in [2.24, 2.45) is 10.8 Å². The van der Waals surface area contributed by atoms with E-state index in [1.807, 2.05) is 0 Å². The van der Waals surface area contributed by atoms with Gasteiger partial charge in [-0.15, -0.1) is 4.52 Å². The molecule has 0 aliphatic heterocycles. The number of nitrogens with two attached hydrogens (primary N) is 1. The van der Waals surface area contributed by atoms with Gasteiger partial charge in [-0.05, 0) is 34.1 Å². The molecule has 40 heavy (non-hydrogen) atoms. The summed E-state index contributed by atoms with van der Waals surface area (Å²) in [5.74, 6) is -1.37. The van der Waals surface area contributed by atoms with E-state index in [1.165, 1.54) is 13.3 Å². The number of carbonyl (C=O) groups excluding carboxylic acids is 2. The molecule has 0 saturated carbocycles. The van der Waals surface area contributed by atoms with E-state index in [0.29, 0.717) is 24.3 Å². The van der Waals surface area contributed by atoms with Crippen LogP contribution in [0.2, 0.25) is 0 Å². The van der Waals surface area contributed by atoms with E-state index >= 15 is 0 Å². The highest BCUT2D eigenvalue weighted by Crippen LogP contribution is 2.28. The van der Waals surface area contributed by atoms with E-state index in [2.05, 4.69) is 32.2 Å². The highest BCUT2D eigenvalue weighted by molar-refractivity contribution is 7.33. The third-order valence-corrected chi connectivity index (χ3v) is 6.64. The molecule has 2 aromatic rings. The number of nitrogens with zero attached hydrogens (tertiary/aromatic N) is 5. The molecule has 0 saturated heterocycles. The second kappa shape index (κ2) is 16.5. The molecular formula is C25H42N7O7P. The lowest BCUT2D eigenvalue weighted by Crippen LogP contribution is -2.45. The summed E-state index contributed by atoms with van der Waals surface area (Å²) in [5, 5.41) is 0. The van der Waals surface area contributed by atoms with Crippen molar-refractivity contribution in [3.8, 4) is 0 Å². The number of nitrogen functional groups attached to an aromatic ring is 1. The summed E-state index contributed by atoms with van der Waals surface area (Å²) in [4.78, 5) is 53.8. The monoisotopic (exact) mass is 583 g/mol. The van der Waals surface area contributed by atoms with Crippen LogP contribution in [0.4, 0.5) is 5.82 Å². The van der Waals surface area contributed by atoms with Gasteiger partial charge in [-0.1, -0.05) is 33.1 Å². The maximum Gasteiger partial charge on any atom is 0.361 e. The molecule has 0 fully saturated rings. The largest absolute Gasteiger partial charge is 0.582 e. The molecule has 0 aromatic carbocycles. The van der Waals surface area contributed by atoms with Crippen LogP contribution in [-0.4, -0.2) is 69.0 Å². The number of fused-ring (bicyclic) bond motifs is 1. The number of ether oxygens (including phenoxy) is 3. The van der Waals surface area contributed by atoms with Gasteiger partial charge < -0.3 is 29.4 Å². The summed E-state index contributed by atoms with van der Waals surface area (Å²) in [7, 11) is -2.71. The fourth-order valence-electron chi connectivity index (χ4n) is 3.48. The second-order valence-corrected chi connectivity index (χ2v) is 10.9. The lowest BCUT2D eigenvalue weighted by molar-refractivity contribution is -0.201. The van der Waals surface area contributed by atoms with E-state index in [-0.39, 0.29) is 24.9 Å². The molecule has 224 valence electrons. The Morgan fingerprint density at radius 2 is 1.95 bits per heavy atom. The maximum absolute atomic E-state index is 12.9. The highest BCUT2D eigenvalue weighted by atomic mass is 31.1. The summed E-state index contributed by atoms with van der Waals surface area (Å²) in [6.07, 6.45) is 6.09. The molecule has 0 aliphatic rings. The first-order chi connectivity index (χ1) is 19.0. The Morgan fingerprint density at radius 1 is 1.20 bits per heavy atom. The second-order valence-electron chi connectivity index (χ2n) is 10.1. The molecule has 1 unspecified atom stereocenters. The molecule has 14 nitrogen and oxygen atoms in total. The number of hydrogen-bond acceptors (Lipinski definition) is 12. The van der Waals surface area contributed by atoms with Crippen molar-refractivity contribution < 1.29 is 33.2 Å². The van der Waals surface area contributed by atoms with Crippen molar-refractivity contribution in [1.82, 2.24) is 24.9 Å². The maximum atomic E-state index is 12.9. The topological polar surface area (TPSA) is 188 Å². The minimum Gasteiger partial charge on any atom is -0.582 e. The fraction of sp³-hybridized carbons (Fsp3) is 0.720. The Labute approximate surface area is 235 Å². The molecule has 3 N–H and O–H groups in total. The van der Waals surface area contributed by atoms with Gasteiger partial charge in [0.1, 0.15) is 11.8 Å². The smallest absolute Gasteiger partial charge is 0.361 e. The molecule has 0 amide bonds. The van der Waals surface area contributed by atoms with Crippen molar-refractivity contribution in [3.05, 3.63) is 12.7 Å². The van der Waals surface area contributed by atoms with Gasteiger partial charge in [-0.3, -0.25) is 4.79 Å². The van der Waals surface area contributed by atoms with Crippen molar-refractivity contribution in [2.75, 3.05) is 25.5 Å². The van der Waals surface area contributed by atoms with Crippen LogP contribution in [-0.2, 0) is 34.9 Å². The zero-order valence-corrected chi connectivity index (χ0v) is 25.1. The summed E-state index contributed by atoms with van der Waals surface area (Å²) in [6.45, 7) is 10.9. The number of unbranched alkanes of at least 4 members (excludes halogenated alkanes) is 3. The van der Waals surface area contributed by atoms with Crippen LogP contribution < -0.4 is 16.1 Å². The molecule has 4 atom stereocenters. The van der Waals surface area contributed by atoms with Gasteiger partial charge in [0.25, 0.3) is 0 Å². The molecule has 0 radical (unpaired) electrons. The Hall–Kier alpha value is -2.77. The summed E-state index contributed by atoms with van der Waals surface area (Å²) >= 11 is 0. The molecule has 15 heteroatoms. The van der Waals surface area contributed by atoms with E-state index in [0.717, 1.165) is 25.7 Å². The van der Waals surface area contributed by atoms with Crippen LogP contribution in [0.25, 0.3) is 11.2 Å². The van der Waals surface area contributed by atoms with Gasteiger partial charge in [-0.2, -0.15) is 5.43 Å². The van der Waals surface area contributed by atoms with Crippen LogP contribution in [0, 0.1) is 5.92 Å². The third kappa shape index (κ3) is 10.7. The molecule has 2 aromatic heterocycles. The van der Waals surface area contributed by atoms with E-state index in [1.54, 1.807) is 38.6 Å². The molecule has 2 rings (SSSR count). The Bertz CT molecular complexity index is 1130. The average Bonchev–Trinajstić information content (AvgIpc) is 3.30. The van der Waals surface area contributed by atoms with E-state index < -0.39 is 37.9 Å². The Morgan fingerprint density at radius 3 is 2.65 bits per heavy atom. The standard InChI is InChI=1S/C25H42N7O7P/c1-7-8-9-10-11-36-23(33)18(4)12-30-31-40(35)39-25(6,24(34)38-17(2)3)14-37-19(5)13-32-16-29-20-21(26)27-15-28-22(20)32/h15-19,30H,7-14H2,1-6H3,(H2,26,27,28)/t18-,19-,25-/m1/s1. The first kappa shape index (κ1) is 33.4. The fourth-order valence-corrected chi connectivity index (χ4v) is 4.19.